The van der Waals surface area contributed by atoms with Crippen LogP contribution >= 0.6 is 0 Å². The fraction of sp³-hybridized carbons (Fsp3) is 0.500. The highest BCUT2D eigenvalue weighted by Crippen LogP contribution is 2.15. The van der Waals surface area contributed by atoms with Gasteiger partial charge in [-0.15, -0.1) is 0 Å². The number of benzene rings is 1. The van der Waals surface area contributed by atoms with Crippen LogP contribution in [0.1, 0.15) is 20.8 Å². The summed E-state index contributed by atoms with van der Waals surface area (Å²) in [6.07, 6.45) is -0.381. The highest BCUT2D eigenvalue weighted by Gasteiger charge is 2.19. The number of nitrogens with zero attached hydrogens (tertiary/aromatic N) is 2. The largest absolute Gasteiger partial charge is 0.444 e. The number of nitrogens with one attached hydrogen (secondary N) is 1. The molecule has 0 aliphatic carbocycles. The lowest BCUT2D eigenvalue weighted by atomic mass is 10.2. The van der Waals surface area contributed by atoms with Crippen molar-refractivity contribution < 1.29 is 14.5 Å². The minimum atomic E-state index is -0.517. The first-order valence-corrected chi connectivity index (χ1v) is 6.61. The van der Waals surface area contributed by atoms with Gasteiger partial charge in [0.15, 0.2) is 0 Å². The lowest BCUT2D eigenvalue weighted by Crippen LogP contribution is -2.36. The molecule has 7 heteroatoms. The van der Waals surface area contributed by atoms with Crippen LogP contribution in [0.25, 0.3) is 0 Å². The van der Waals surface area contributed by atoms with Crippen LogP contribution in [-0.2, 0) is 4.74 Å². The van der Waals surface area contributed by atoms with Gasteiger partial charge in [-0.25, -0.2) is 4.79 Å². The minimum Gasteiger partial charge on any atom is -0.444 e. The van der Waals surface area contributed by atoms with Crippen LogP contribution < -0.4 is 5.32 Å². The Hall–Kier alpha value is -2.31. The topological polar surface area (TPSA) is 84.7 Å². The predicted molar refractivity (Wildman–Crippen MR) is 80.5 cm³/mol. The van der Waals surface area contributed by atoms with Gasteiger partial charge in [0.25, 0.3) is 5.69 Å². The number of carbonyl (C=O) groups is 1. The van der Waals surface area contributed by atoms with Crippen LogP contribution in [0.2, 0.25) is 0 Å². The second-order valence-electron chi connectivity index (χ2n) is 5.63. The van der Waals surface area contributed by atoms with Gasteiger partial charge in [0.1, 0.15) is 5.60 Å². The number of nitro benzene ring substituents is 1. The van der Waals surface area contributed by atoms with Crippen LogP contribution in [0.3, 0.4) is 0 Å². The number of anilines is 1. The molecule has 0 aliphatic heterocycles. The van der Waals surface area contributed by atoms with Crippen molar-refractivity contribution in [2.45, 2.75) is 26.4 Å². The van der Waals surface area contributed by atoms with Gasteiger partial charge in [-0.2, -0.15) is 0 Å². The smallest absolute Gasteiger partial charge is 0.410 e. The van der Waals surface area contributed by atoms with Crippen molar-refractivity contribution in [3.8, 4) is 0 Å². The van der Waals surface area contributed by atoms with Crippen LogP contribution in [0.5, 0.6) is 0 Å². The first kappa shape index (κ1) is 16.7. The third-order valence-electron chi connectivity index (χ3n) is 2.56. The Bertz CT molecular complexity index is 494. The average molecular weight is 295 g/mol. The Morgan fingerprint density at radius 1 is 1.33 bits per heavy atom. The third kappa shape index (κ3) is 6.11. The minimum absolute atomic E-state index is 0.0476. The average Bonchev–Trinajstić information content (AvgIpc) is 2.37. The van der Waals surface area contributed by atoms with Crippen molar-refractivity contribution in [1.82, 2.24) is 4.90 Å². The fourth-order valence-corrected chi connectivity index (χ4v) is 1.50. The molecule has 0 saturated heterocycles. The number of amides is 1. The van der Waals surface area contributed by atoms with Gasteiger partial charge in [0, 0.05) is 38.0 Å². The molecule has 1 amide bonds. The molecule has 116 valence electrons. The Kier molecular flexibility index (Phi) is 5.52. The predicted octanol–water partition coefficient (Wildman–Crippen LogP) is 2.87. The van der Waals surface area contributed by atoms with E-state index in [-0.39, 0.29) is 11.8 Å². The maximum absolute atomic E-state index is 11.7. The highest BCUT2D eigenvalue weighted by molar-refractivity contribution is 5.67. The summed E-state index contributed by atoms with van der Waals surface area (Å²) in [5, 5.41) is 13.6. The van der Waals surface area contributed by atoms with E-state index in [2.05, 4.69) is 5.32 Å². The quantitative estimate of drug-likeness (QED) is 0.667. The lowest BCUT2D eigenvalue weighted by molar-refractivity contribution is -0.384. The van der Waals surface area contributed by atoms with E-state index in [1.54, 1.807) is 19.2 Å². The van der Waals surface area contributed by atoms with E-state index < -0.39 is 10.5 Å². The molecule has 0 aromatic heterocycles. The van der Waals surface area contributed by atoms with E-state index >= 15 is 0 Å². The molecule has 1 rings (SSSR count). The number of ether oxygens (including phenoxy) is 1. The Balaban J connectivity index is 2.39. The molecule has 21 heavy (non-hydrogen) atoms. The van der Waals surface area contributed by atoms with Gasteiger partial charge in [-0.1, -0.05) is 0 Å². The van der Waals surface area contributed by atoms with E-state index in [1.807, 2.05) is 20.8 Å². The van der Waals surface area contributed by atoms with Crippen molar-refractivity contribution in [2.24, 2.45) is 0 Å². The zero-order chi connectivity index (χ0) is 16.0. The summed E-state index contributed by atoms with van der Waals surface area (Å²) in [5.41, 5.74) is 0.293. The summed E-state index contributed by atoms with van der Waals surface area (Å²) in [6, 6.07) is 6.12. The van der Waals surface area contributed by atoms with Crippen LogP contribution in [0.4, 0.5) is 16.2 Å². The monoisotopic (exact) mass is 295 g/mol. The summed E-state index contributed by atoms with van der Waals surface area (Å²) in [5.74, 6) is 0. The Morgan fingerprint density at radius 2 is 1.90 bits per heavy atom. The molecule has 0 radical (unpaired) electrons. The molecular formula is C14H21N3O4. The number of non-ortho nitro benzene ring substituents is 1. The van der Waals surface area contributed by atoms with Gasteiger partial charge in [0.2, 0.25) is 0 Å². The number of likely N-dealkylation sites (N-methyl/N-ethyl adjacent to an activating group) is 1. The molecule has 0 aliphatic rings. The molecule has 0 saturated carbocycles. The summed E-state index contributed by atoms with van der Waals surface area (Å²) in [4.78, 5) is 23.3. The highest BCUT2D eigenvalue weighted by atomic mass is 16.6. The molecule has 1 aromatic carbocycles. The zero-order valence-corrected chi connectivity index (χ0v) is 12.8. The van der Waals surface area contributed by atoms with Crippen LogP contribution in [0, 0.1) is 10.1 Å². The third-order valence-corrected chi connectivity index (χ3v) is 2.56. The molecule has 0 atom stereocenters. The second kappa shape index (κ2) is 6.92. The molecule has 0 fully saturated rings. The maximum atomic E-state index is 11.7. The normalized spacial score (nSPS) is 10.9. The SMILES string of the molecule is CN(CCNc1ccc([N+](=O)[O-])cc1)C(=O)OC(C)(C)C. The molecule has 1 N–H and O–H groups in total. The standard InChI is InChI=1S/C14H21N3O4/c1-14(2,3)21-13(18)16(4)10-9-15-11-5-7-12(8-6-11)17(19)20/h5-8,15H,9-10H2,1-4H3. The van der Waals surface area contributed by atoms with Gasteiger partial charge in [-0.3, -0.25) is 10.1 Å². The van der Waals surface area contributed by atoms with E-state index in [1.165, 1.54) is 17.0 Å². The number of rotatable bonds is 5. The Morgan fingerprint density at radius 3 is 2.38 bits per heavy atom. The van der Waals surface area contributed by atoms with Crippen molar-refractivity contribution >= 4 is 17.5 Å². The van der Waals surface area contributed by atoms with Crippen LogP contribution in [-0.4, -0.2) is 41.7 Å². The zero-order valence-electron chi connectivity index (χ0n) is 12.8. The number of hydrogen-bond acceptors (Lipinski definition) is 5. The van der Waals surface area contributed by atoms with Crippen LogP contribution in [0.15, 0.2) is 24.3 Å². The number of hydrogen-bond donors (Lipinski definition) is 1. The van der Waals surface area contributed by atoms with Gasteiger partial charge in [-0.05, 0) is 32.9 Å². The van der Waals surface area contributed by atoms with Crippen molar-refractivity contribution in [3.05, 3.63) is 34.4 Å². The van der Waals surface area contributed by atoms with E-state index in [4.69, 9.17) is 4.74 Å². The van der Waals surface area contributed by atoms with E-state index in [0.29, 0.717) is 13.1 Å². The molecule has 0 heterocycles. The van der Waals surface area contributed by atoms with E-state index in [0.717, 1.165) is 5.69 Å². The first-order valence-electron chi connectivity index (χ1n) is 6.61. The summed E-state index contributed by atoms with van der Waals surface area (Å²) >= 11 is 0. The maximum Gasteiger partial charge on any atom is 0.410 e. The summed E-state index contributed by atoms with van der Waals surface area (Å²) in [6.45, 7) is 6.43. The molecule has 0 spiro atoms. The van der Waals surface area contributed by atoms with Gasteiger partial charge >= 0.3 is 6.09 Å². The number of carbonyl (C=O) groups excluding carboxylic acids is 1. The number of nitro groups is 1. The molecule has 0 bridgehead atoms. The fourth-order valence-electron chi connectivity index (χ4n) is 1.50. The molecule has 1 aromatic rings. The lowest BCUT2D eigenvalue weighted by Gasteiger charge is -2.24. The summed E-state index contributed by atoms with van der Waals surface area (Å²) in [7, 11) is 1.66. The van der Waals surface area contributed by atoms with E-state index in [9.17, 15) is 14.9 Å². The molecule has 0 unspecified atom stereocenters. The van der Waals surface area contributed by atoms with Crippen molar-refractivity contribution in [3.63, 3.8) is 0 Å². The summed E-state index contributed by atoms with van der Waals surface area (Å²) < 4.78 is 5.23. The van der Waals surface area contributed by atoms with Crippen molar-refractivity contribution in [1.29, 1.82) is 0 Å². The van der Waals surface area contributed by atoms with Gasteiger partial charge in [0.05, 0.1) is 4.92 Å². The van der Waals surface area contributed by atoms with Gasteiger partial charge < -0.3 is 15.0 Å². The first-order chi connectivity index (χ1) is 9.69. The molecule has 7 nitrogen and oxygen atoms in total. The molecular weight excluding hydrogens is 274 g/mol. The van der Waals surface area contributed by atoms with Crippen molar-refractivity contribution in [2.75, 3.05) is 25.5 Å². The second-order valence-corrected chi connectivity index (χ2v) is 5.63. The Labute approximate surface area is 124 Å².